The number of carbonyl (C=O) groups is 1. The SMILES string of the molecule is COCCC(=O)Nc1cnc2ccc(Nc3cc(C(C)C)cnn3)nc2c1. The smallest absolute Gasteiger partial charge is 0.226 e. The average Bonchev–Trinajstić information content (AvgIpc) is 2.66. The Balaban J connectivity index is 1.79. The number of rotatable bonds is 7. The fourth-order valence-corrected chi connectivity index (χ4v) is 2.45. The Bertz CT molecular complexity index is 944. The highest BCUT2D eigenvalue weighted by molar-refractivity contribution is 5.92. The van der Waals surface area contributed by atoms with Crippen molar-refractivity contribution in [2.24, 2.45) is 0 Å². The molecule has 0 aliphatic heterocycles. The first-order chi connectivity index (χ1) is 13.0. The Morgan fingerprint density at radius 3 is 2.78 bits per heavy atom. The summed E-state index contributed by atoms with van der Waals surface area (Å²) >= 11 is 0. The zero-order chi connectivity index (χ0) is 19.2. The second kappa shape index (κ2) is 8.50. The summed E-state index contributed by atoms with van der Waals surface area (Å²) in [5.74, 6) is 1.49. The van der Waals surface area contributed by atoms with E-state index in [4.69, 9.17) is 4.74 Å². The molecule has 0 saturated carbocycles. The molecule has 0 fully saturated rings. The zero-order valence-corrected chi connectivity index (χ0v) is 15.6. The summed E-state index contributed by atoms with van der Waals surface area (Å²) < 4.78 is 4.91. The molecule has 8 heteroatoms. The summed E-state index contributed by atoms with van der Waals surface area (Å²) in [6.45, 7) is 4.57. The molecular formula is C19H22N6O2. The van der Waals surface area contributed by atoms with Gasteiger partial charge in [-0.05, 0) is 35.7 Å². The van der Waals surface area contributed by atoms with Gasteiger partial charge in [-0.3, -0.25) is 9.78 Å². The summed E-state index contributed by atoms with van der Waals surface area (Å²) in [7, 11) is 1.56. The van der Waals surface area contributed by atoms with E-state index in [0.29, 0.717) is 35.4 Å². The van der Waals surface area contributed by atoms with Gasteiger partial charge in [-0.25, -0.2) is 4.98 Å². The van der Waals surface area contributed by atoms with Gasteiger partial charge < -0.3 is 15.4 Å². The first-order valence-corrected chi connectivity index (χ1v) is 8.70. The van der Waals surface area contributed by atoms with Gasteiger partial charge in [0, 0.05) is 7.11 Å². The van der Waals surface area contributed by atoms with Crippen LogP contribution in [0, 0.1) is 0 Å². The summed E-state index contributed by atoms with van der Waals surface area (Å²) in [5, 5.41) is 14.1. The number of carbonyl (C=O) groups excluding carboxylic acids is 1. The molecule has 1 amide bonds. The molecule has 0 aromatic carbocycles. The summed E-state index contributed by atoms with van der Waals surface area (Å²) in [4.78, 5) is 20.7. The second-order valence-corrected chi connectivity index (χ2v) is 6.40. The number of aromatic nitrogens is 4. The molecule has 0 bridgehead atoms. The number of pyridine rings is 2. The van der Waals surface area contributed by atoms with Gasteiger partial charge in [0.25, 0.3) is 0 Å². The molecule has 0 unspecified atom stereocenters. The van der Waals surface area contributed by atoms with Gasteiger partial charge in [-0.1, -0.05) is 13.8 Å². The number of hydrogen-bond donors (Lipinski definition) is 2. The van der Waals surface area contributed by atoms with E-state index in [0.717, 1.165) is 11.1 Å². The van der Waals surface area contributed by atoms with E-state index in [9.17, 15) is 4.79 Å². The number of fused-ring (bicyclic) bond motifs is 1. The van der Waals surface area contributed by atoms with E-state index in [2.05, 4.69) is 44.6 Å². The topological polar surface area (TPSA) is 102 Å². The molecule has 8 nitrogen and oxygen atoms in total. The van der Waals surface area contributed by atoms with Gasteiger partial charge in [0.2, 0.25) is 5.91 Å². The zero-order valence-electron chi connectivity index (χ0n) is 15.6. The van der Waals surface area contributed by atoms with Crippen LogP contribution in [0.5, 0.6) is 0 Å². The molecule has 0 atom stereocenters. The monoisotopic (exact) mass is 366 g/mol. The van der Waals surface area contributed by atoms with Gasteiger partial charge in [0.1, 0.15) is 5.82 Å². The maximum Gasteiger partial charge on any atom is 0.226 e. The molecule has 3 heterocycles. The lowest BCUT2D eigenvalue weighted by Crippen LogP contribution is -2.13. The third-order valence-corrected chi connectivity index (χ3v) is 3.95. The summed E-state index contributed by atoms with van der Waals surface area (Å²) in [6, 6.07) is 7.43. The Kier molecular flexibility index (Phi) is 5.87. The van der Waals surface area contributed by atoms with Crippen molar-refractivity contribution in [3.05, 3.63) is 42.2 Å². The minimum absolute atomic E-state index is 0.131. The van der Waals surface area contributed by atoms with Gasteiger partial charge in [0.05, 0.1) is 42.1 Å². The Morgan fingerprint density at radius 1 is 1.15 bits per heavy atom. The fraction of sp³-hybridized carbons (Fsp3) is 0.316. The molecule has 140 valence electrons. The minimum atomic E-state index is -0.131. The third kappa shape index (κ3) is 4.95. The molecule has 0 radical (unpaired) electrons. The minimum Gasteiger partial charge on any atom is -0.384 e. The third-order valence-electron chi connectivity index (χ3n) is 3.95. The summed E-state index contributed by atoms with van der Waals surface area (Å²) in [5.41, 5.74) is 3.08. The lowest BCUT2D eigenvalue weighted by Gasteiger charge is -2.09. The second-order valence-electron chi connectivity index (χ2n) is 6.40. The lowest BCUT2D eigenvalue weighted by atomic mass is 10.1. The highest BCUT2D eigenvalue weighted by Crippen LogP contribution is 2.21. The standard InChI is InChI=1S/C19H22N6O2/c1-12(2)13-8-18(25-21-10-13)24-17-5-4-15-16(23-17)9-14(11-20-15)22-19(26)6-7-27-3/h4-5,8-12H,6-7H2,1-3H3,(H,22,26)(H,23,24,25). The van der Waals surface area contributed by atoms with Crippen LogP contribution in [-0.2, 0) is 9.53 Å². The van der Waals surface area contributed by atoms with Crippen LogP contribution in [0.2, 0.25) is 0 Å². The van der Waals surface area contributed by atoms with Crippen molar-refractivity contribution in [3.8, 4) is 0 Å². The predicted molar refractivity (Wildman–Crippen MR) is 104 cm³/mol. The Labute approximate surface area is 157 Å². The number of anilines is 3. The molecule has 3 aromatic rings. The van der Waals surface area contributed by atoms with Crippen LogP contribution in [0.15, 0.2) is 36.7 Å². The van der Waals surface area contributed by atoms with Gasteiger partial charge >= 0.3 is 0 Å². The van der Waals surface area contributed by atoms with Crippen LogP contribution in [0.25, 0.3) is 11.0 Å². The highest BCUT2D eigenvalue weighted by atomic mass is 16.5. The van der Waals surface area contributed by atoms with E-state index in [1.165, 1.54) is 0 Å². The van der Waals surface area contributed by atoms with Gasteiger partial charge in [0.15, 0.2) is 5.82 Å². The van der Waals surface area contributed by atoms with E-state index < -0.39 is 0 Å². The van der Waals surface area contributed by atoms with Crippen LogP contribution in [0.4, 0.5) is 17.3 Å². The van der Waals surface area contributed by atoms with Crippen molar-refractivity contribution in [2.75, 3.05) is 24.4 Å². The molecule has 0 spiro atoms. The van der Waals surface area contributed by atoms with E-state index in [-0.39, 0.29) is 12.3 Å². The van der Waals surface area contributed by atoms with Crippen molar-refractivity contribution >= 4 is 34.3 Å². The van der Waals surface area contributed by atoms with Crippen LogP contribution in [0.1, 0.15) is 31.7 Å². The highest BCUT2D eigenvalue weighted by Gasteiger charge is 2.07. The number of hydrogen-bond acceptors (Lipinski definition) is 7. The molecule has 27 heavy (non-hydrogen) atoms. The van der Waals surface area contributed by atoms with Crippen LogP contribution in [-0.4, -0.2) is 39.8 Å². The van der Waals surface area contributed by atoms with Crippen molar-refractivity contribution < 1.29 is 9.53 Å². The van der Waals surface area contributed by atoms with Crippen LogP contribution < -0.4 is 10.6 Å². The lowest BCUT2D eigenvalue weighted by molar-refractivity contribution is -0.117. The maximum absolute atomic E-state index is 11.8. The molecule has 3 rings (SSSR count). The average molecular weight is 366 g/mol. The van der Waals surface area contributed by atoms with E-state index >= 15 is 0 Å². The Hall–Kier alpha value is -3.13. The van der Waals surface area contributed by atoms with Gasteiger partial charge in [-0.2, -0.15) is 5.10 Å². The van der Waals surface area contributed by atoms with Crippen molar-refractivity contribution in [3.63, 3.8) is 0 Å². The van der Waals surface area contributed by atoms with Crippen LogP contribution in [0.3, 0.4) is 0 Å². The fourth-order valence-electron chi connectivity index (χ4n) is 2.45. The van der Waals surface area contributed by atoms with Crippen molar-refractivity contribution in [1.82, 2.24) is 20.2 Å². The van der Waals surface area contributed by atoms with E-state index in [1.807, 2.05) is 18.2 Å². The molecule has 0 saturated heterocycles. The number of amides is 1. The Morgan fingerprint density at radius 2 is 2.00 bits per heavy atom. The number of nitrogens with one attached hydrogen (secondary N) is 2. The molecule has 2 N–H and O–H groups in total. The maximum atomic E-state index is 11.8. The number of nitrogens with zero attached hydrogens (tertiary/aromatic N) is 4. The predicted octanol–water partition coefficient (Wildman–Crippen LogP) is 3.26. The first-order valence-electron chi connectivity index (χ1n) is 8.70. The van der Waals surface area contributed by atoms with E-state index in [1.54, 1.807) is 25.6 Å². The van der Waals surface area contributed by atoms with Crippen LogP contribution >= 0.6 is 0 Å². The first kappa shape index (κ1) is 18.7. The quantitative estimate of drug-likeness (QED) is 0.661. The van der Waals surface area contributed by atoms with Gasteiger partial charge in [-0.15, -0.1) is 5.10 Å². The molecule has 3 aromatic heterocycles. The molecule has 0 aliphatic carbocycles. The van der Waals surface area contributed by atoms with Crippen molar-refractivity contribution in [1.29, 1.82) is 0 Å². The summed E-state index contributed by atoms with van der Waals surface area (Å²) in [6.07, 6.45) is 3.65. The molecule has 0 aliphatic rings. The number of methoxy groups -OCH3 is 1. The van der Waals surface area contributed by atoms with Crippen molar-refractivity contribution in [2.45, 2.75) is 26.2 Å². The largest absolute Gasteiger partial charge is 0.384 e. The number of ether oxygens (including phenoxy) is 1. The normalized spacial score (nSPS) is 11.0. The molecular weight excluding hydrogens is 344 g/mol.